The molecule has 11 heavy (non-hydrogen) atoms. The molecule has 0 atom stereocenters. The molecular weight excluding hydrogens is 255 g/mol. The topological polar surface area (TPSA) is 35.0 Å². The number of aromatic nitrogens is 2. The van der Waals surface area contributed by atoms with Crippen molar-refractivity contribution in [2.24, 2.45) is 0 Å². The van der Waals surface area contributed by atoms with Gasteiger partial charge in [-0.15, -0.1) is 6.42 Å². The van der Waals surface area contributed by atoms with E-state index >= 15 is 0 Å². The molecule has 0 saturated heterocycles. The van der Waals surface area contributed by atoms with E-state index in [1.165, 1.54) is 6.33 Å². The number of hydrogen-bond acceptors (Lipinski definition) is 3. The molecule has 0 aliphatic carbocycles. The third kappa shape index (κ3) is 2.35. The van der Waals surface area contributed by atoms with Crippen LogP contribution in [0.5, 0.6) is 5.88 Å². The van der Waals surface area contributed by atoms with Gasteiger partial charge in [-0.1, -0.05) is 5.92 Å². The van der Waals surface area contributed by atoms with Crippen molar-refractivity contribution in [3.8, 4) is 18.2 Å². The molecule has 0 fully saturated rings. The Morgan fingerprint density at radius 2 is 2.55 bits per heavy atom. The monoisotopic (exact) mass is 260 g/mol. The highest BCUT2D eigenvalue weighted by Gasteiger charge is 1.98. The molecule has 0 unspecified atom stereocenters. The lowest BCUT2D eigenvalue weighted by atomic mass is 10.6. The smallest absolute Gasteiger partial charge is 0.231 e. The van der Waals surface area contributed by atoms with E-state index in [1.54, 1.807) is 6.20 Å². The van der Waals surface area contributed by atoms with Crippen LogP contribution in [0.25, 0.3) is 0 Å². The molecular formula is C7H5IN2O. The van der Waals surface area contributed by atoms with E-state index in [4.69, 9.17) is 11.2 Å². The van der Waals surface area contributed by atoms with Crippen LogP contribution in [0.2, 0.25) is 0 Å². The molecule has 0 aliphatic rings. The normalized spacial score (nSPS) is 8.73. The number of terminal acetylenes is 1. The number of nitrogens with zero attached hydrogens (tertiary/aromatic N) is 2. The van der Waals surface area contributed by atoms with Crippen LogP contribution in [-0.4, -0.2) is 16.6 Å². The number of rotatable bonds is 2. The Hall–Kier alpha value is -0.830. The van der Waals surface area contributed by atoms with Gasteiger partial charge in [0.25, 0.3) is 0 Å². The maximum atomic E-state index is 5.09. The third-order valence-corrected chi connectivity index (χ3v) is 1.67. The van der Waals surface area contributed by atoms with Crippen LogP contribution in [-0.2, 0) is 0 Å². The average Bonchev–Trinajstić information content (AvgIpc) is 2.03. The van der Waals surface area contributed by atoms with E-state index in [0.29, 0.717) is 5.88 Å². The molecule has 1 aromatic heterocycles. The molecule has 3 nitrogen and oxygen atoms in total. The van der Waals surface area contributed by atoms with Crippen molar-refractivity contribution in [1.82, 2.24) is 9.97 Å². The number of halogens is 1. The van der Waals surface area contributed by atoms with E-state index in [0.717, 1.165) is 3.57 Å². The van der Waals surface area contributed by atoms with Gasteiger partial charge in [0.2, 0.25) is 5.88 Å². The molecule has 1 rings (SSSR count). The maximum Gasteiger partial charge on any atom is 0.231 e. The van der Waals surface area contributed by atoms with Gasteiger partial charge in [-0.25, -0.2) is 9.97 Å². The quantitative estimate of drug-likeness (QED) is 0.589. The van der Waals surface area contributed by atoms with Gasteiger partial charge in [0, 0.05) is 6.20 Å². The summed E-state index contributed by atoms with van der Waals surface area (Å²) in [5.74, 6) is 2.90. The van der Waals surface area contributed by atoms with E-state index in [1.807, 2.05) is 0 Å². The molecule has 0 aromatic carbocycles. The van der Waals surface area contributed by atoms with Crippen LogP contribution in [0.4, 0.5) is 0 Å². The van der Waals surface area contributed by atoms with E-state index < -0.39 is 0 Å². The van der Waals surface area contributed by atoms with Crippen LogP contribution >= 0.6 is 22.6 Å². The highest BCUT2D eigenvalue weighted by molar-refractivity contribution is 14.1. The first kappa shape index (κ1) is 8.27. The van der Waals surface area contributed by atoms with Crippen LogP contribution in [0.15, 0.2) is 12.5 Å². The summed E-state index contributed by atoms with van der Waals surface area (Å²) in [6.45, 7) is 0.243. The Labute approximate surface area is 78.3 Å². The molecule has 1 aromatic rings. The molecule has 0 amide bonds. The molecule has 1 heterocycles. The third-order valence-electron chi connectivity index (χ3n) is 0.926. The molecule has 0 N–H and O–H groups in total. The Kier molecular flexibility index (Phi) is 3.11. The highest BCUT2D eigenvalue weighted by atomic mass is 127. The minimum absolute atomic E-state index is 0.243. The van der Waals surface area contributed by atoms with Gasteiger partial charge in [-0.05, 0) is 22.6 Å². The Morgan fingerprint density at radius 1 is 1.73 bits per heavy atom. The zero-order chi connectivity index (χ0) is 8.10. The summed E-state index contributed by atoms with van der Waals surface area (Å²) in [5.41, 5.74) is 0. The fourth-order valence-electron chi connectivity index (χ4n) is 0.518. The number of hydrogen-bond donors (Lipinski definition) is 0. The summed E-state index contributed by atoms with van der Waals surface area (Å²) < 4.78 is 5.95. The van der Waals surface area contributed by atoms with Crippen molar-refractivity contribution in [2.45, 2.75) is 0 Å². The van der Waals surface area contributed by atoms with Crippen molar-refractivity contribution >= 4 is 22.6 Å². The van der Waals surface area contributed by atoms with Gasteiger partial charge in [-0.3, -0.25) is 0 Å². The lowest BCUT2D eigenvalue weighted by molar-refractivity contribution is 0.351. The SMILES string of the molecule is C#CCOc1ncncc1I. The first-order valence-electron chi connectivity index (χ1n) is 2.86. The summed E-state index contributed by atoms with van der Waals surface area (Å²) in [4.78, 5) is 7.68. The van der Waals surface area contributed by atoms with Crippen LogP contribution in [0, 0.1) is 15.9 Å². The van der Waals surface area contributed by atoms with Gasteiger partial charge in [0.15, 0.2) is 6.61 Å². The van der Waals surface area contributed by atoms with Crippen molar-refractivity contribution in [2.75, 3.05) is 6.61 Å². The summed E-state index contributed by atoms with van der Waals surface area (Å²) in [6, 6.07) is 0. The van der Waals surface area contributed by atoms with Crippen molar-refractivity contribution in [1.29, 1.82) is 0 Å². The van der Waals surface area contributed by atoms with E-state index in [9.17, 15) is 0 Å². The number of ether oxygens (including phenoxy) is 1. The minimum atomic E-state index is 0.243. The van der Waals surface area contributed by atoms with Crippen LogP contribution in [0.3, 0.4) is 0 Å². The molecule has 0 saturated carbocycles. The van der Waals surface area contributed by atoms with E-state index in [-0.39, 0.29) is 6.61 Å². The molecule has 0 radical (unpaired) electrons. The molecule has 0 spiro atoms. The molecule has 4 heteroatoms. The maximum absolute atomic E-state index is 5.09. The van der Waals surface area contributed by atoms with Gasteiger partial charge in [0.1, 0.15) is 6.33 Å². The summed E-state index contributed by atoms with van der Waals surface area (Å²) >= 11 is 2.08. The minimum Gasteiger partial charge on any atom is -0.464 e. The molecule has 0 bridgehead atoms. The lowest BCUT2D eigenvalue weighted by Crippen LogP contribution is -1.98. The second-order valence-electron chi connectivity index (χ2n) is 1.67. The van der Waals surface area contributed by atoms with Gasteiger partial charge >= 0.3 is 0 Å². The van der Waals surface area contributed by atoms with Gasteiger partial charge in [-0.2, -0.15) is 0 Å². The first-order chi connectivity index (χ1) is 5.34. The molecule has 0 aliphatic heterocycles. The Bertz CT molecular complexity index is 282. The van der Waals surface area contributed by atoms with Crippen molar-refractivity contribution < 1.29 is 4.74 Å². The first-order valence-corrected chi connectivity index (χ1v) is 3.94. The van der Waals surface area contributed by atoms with Crippen LogP contribution in [0.1, 0.15) is 0 Å². The average molecular weight is 260 g/mol. The lowest BCUT2D eigenvalue weighted by Gasteiger charge is -2.00. The van der Waals surface area contributed by atoms with Crippen molar-refractivity contribution in [3.63, 3.8) is 0 Å². The summed E-state index contributed by atoms with van der Waals surface area (Å²) in [5, 5.41) is 0. The van der Waals surface area contributed by atoms with Gasteiger partial charge in [0.05, 0.1) is 3.57 Å². The predicted octanol–water partition coefficient (Wildman–Crippen LogP) is 1.09. The highest BCUT2D eigenvalue weighted by Crippen LogP contribution is 2.14. The Balaban J connectivity index is 2.71. The summed E-state index contributed by atoms with van der Waals surface area (Å²) in [6.07, 6.45) is 8.10. The predicted molar refractivity (Wildman–Crippen MR) is 49.1 cm³/mol. The summed E-state index contributed by atoms with van der Waals surface area (Å²) in [7, 11) is 0. The second kappa shape index (κ2) is 4.13. The Morgan fingerprint density at radius 3 is 3.18 bits per heavy atom. The fourth-order valence-corrected chi connectivity index (χ4v) is 0.973. The van der Waals surface area contributed by atoms with Crippen molar-refractivity contribution in [3.05, 3.63) is 16.1 Å². The zero-order valence-corrected chi connectivity index (χ0v) is 7.78. The van der Waals surface area contributed by atoms with E-state index in [2.05, 4.69) is 38.5 Å². The van der Waals surface area contributed by atoms with Crippen LogP contribution < -0.4 is 4.74 Å². The fraction of sp³-hybridized carbons (Fsp3) is 0.143. The zero-order valence-electron chi connectivity index (χ0n) is 5.62. The van der Waals surface area contributed by atoms with Gasteiger partial charge < -0.3 is 4.74 Å². The molecule has 56 valence electrons. The standard InChI is InChI=1S/C7H5IN2O/c1-2-3-11-7-6(8)4-9-5-10-7/h1,4-5H,3H2. The largest absolute Gasteiger partial charge is 0.464 e. The second-order valence-corrected chi connectivity index (χ2v) is 2.83.